The first-order valence-corrected chi connectivity index (χ1v) is 6.89. The van der Waals surface area contributed by atoms with E-state index in [1.54, 1.807) is 13.2 Å². The van der Waals surface area contributed by atoms with Gasteiger partial charge in [-0.3, -0.25) is 4.79 Å². The number of nitrogens with one attached hydrogen (secondary N) is 2. The smallest absolute Gasteiger partial charge is 0.223 e. The van der Waals surface area contributed by atoms with E-state index < -0.39 is 0 Å². The molecule has 1 fully saturated rings. The first-order valence-electron chi connectivity index (χ1n) is 6.51. The average molecular weight is 283 g/mol. The molecule has 0 bridgehead atoms. The summed E-state index contributed by atoms with van der Waals surface area (Å²) >= 11 is 5.96. The first-order chi connectivity index (χ1) is 9.20. The van der Waals surface area contributed by atoms with Gasteiger partial charge in [0.2, 0.25) is 5.91 Å². The van der Waals surface area contributed by atoms with E-state index in [4.69, 9.17) is 16.3 Å². The lowest BCUT2D eigenvalue weighted by Gasteiger charge is -2.22. The predicted molar refractivity (Wildman–Crippen MR) is 75.4 cm³/mol. The number of halogens is 1. The fraction of sp³-hybridized carbons (Fsp3) is 0.500. The minimum absolute atomic E-state index is 0.114. The van der Waals surface area contributed by atoms with Gasteiger partial charge in [0.25, 0.3) is 0 Å². The van der Waals surface area contributed by atoms with E-state index in [1.807, 2.05) is 12.1 Å². The Morgan fingerprint density at radius 2 is 2.21 bits per heavy atom. The van der Waals surface area contributed by atoms with Crippen molar-refractivity contribution in [3.8, 4) is 5.75 Å². The summed E-state index contributed by atoms with van der Waals surface area (Å²) < 4.78 is 5.26. The van der Waals surface area contributed by atoms with Crippen LogP contribution in [0.3, 0.4) is 0 Å². The van der Waals surface area contributed by atoms with Gasteiger partial charge in [-0.25, -0.2) is 0 Å². The molecule has 0 atom stereocenters. The molecular weight excluding hydrogens is 264 g/mol. The lowest BCUT2D eigenvalue weighted by atomic mass is 9.97. The molecule has 0 radical (unpaired) electrons. The van der Waals surface area contributed by atoms with Crippen molar-refractivity contribution in [3.63, 3.8) is 0 Å². The molecule has 1 aromatic rings. The zero-order valence-electron chi connectivity index (χ0n) is 11.0. The molecule has 1 aliphatic heterocycles. The van der Waals surface area contributed by atoms with Gasteiger partial charge in [0.15, 0.2) is 0 Å². The monoisotopic (exact) mass is 282 g/mol. The van der Waals surface area contributed by atoms with Crippen molar-refractivity contribution < 1.29 is 9.53 Å². The summed E-state index contributed by atoms with van der Waals surface area (Å²) in [5.41, 5.74) is 0.900. The number of benzene rings is 1. The van der Waals surface area contributed by atoms with Crippen LogP contribution in [0.5, 0.6) is 5.75 Å². The van der Waals surface area contributed by atoms with Gasteiger partial charge in [-0.05, 0) is 44.1 Å². The number of amides is 1. The van der Waals surface area contributed by atoms with Crippen molar-refractivity contribution in [3.05, 3.63) is 28.8 Å². The van der Waals surface area contributed by atoms with Crippen LogP contribution >= 0.6 is 11.6 Å². The second-order valence-corrected chi connectivity index (χ2v) is 5.13. The molecular formula is C14H19ClN2O2. The molecule has 19 heavy (non-hydrogen) atoms. The molecule has 0 unspecified atom stereocenters. The van der Waals surface area contributed by atoms with E-state index in [9.17, 15) is 4.79 Å². The molecule has 0 aliphatic carbocycles. The van der Waals surface area contributed by atoms with Crippen molar-refractivity contribution in [2.75, 3.05) is 20.2 Å². The van der Waals surface area contributed by atoms with Crippen LogP contribution in [-0.4, -0.2) is 26.1 Å². The fourth-order valence-corrected chi connectivity index (χ4v) is 2.49. The maximum Gasteiger partial charge on any atom is 0.223 e. The summed E-state index contributed by atoms with van der Waals surface area (Å²) in [6, 6.07) is 5.41. The Bertz CT molecular complexity index is 445. The molecule has 2 N–H and O–H groups in total. The van der Waals surface area contributed by atoms with Crippen molar-refractivity contribution >= 4 is 17.5 Å². The first kappa shape index (κ1) is 14.2. The third-order valence-electron chi connectivity index (χ3n) is 3.41. The number of rotatable bonds is 4. The number of piperidine rings is 1. The zero-order chi connectivity index (χ0) is 13.7. The summed E-state index contributed by atoms with van der Waals surface area (Å²) in [6.45, 7) is 2.28. The normalized spacial score (nSPS) is 16.1. The quantitative estimate of drug-likeness (QED) is 0.888. The third-order valence-corrected chi connectivity index (χ3v) is 3.64. The molecule has 5 heteroatoms. The SMILES string of the molecule is COc1ccc(Cl)cc1CNC(=O)C1CCNCC1. The number of hydrogen-bond donors (Lipinski definition) is 2. The molecule has 2 rings (SSSR count). The van der Waals surface area contributed by atoms with Crippen LogP contribution in [-0.2, 0) is 11.3 Å². The number of hydrogen-bond acceptors (Lipinski definition) is 3. The van der Waals surface area contributed by atoms with E-state index in [0.29, 0.717) is 11.6 Å². The molecule has 104 valence electrons. The van der Waals surface area contributed by atoms with E-state index in [0.717, 1.165) is 37.2 Å². The second-order valence-electron chi connectivity index (χ2n) is 4.70. The van der Waals surface area contributed by atoms with Crippen molar-refractivity contribution in [1.29, 1.82) is 0 Å². The van der Waals surface area contributed by atoms with Crippen LogP contribution in [0, 0.1) is 5.92 Å². The highest BCUT2D eigenvalue weighted by Crippen LogP contribution is 2.22. The topological polar surface area (TPSA) is 50.4 Å². The van der Waals surface area contributed by atoms with Crippen molar-refractivity contribution in [2.45, 2.75) is 19.4 Å². The van der Waals surface area contributed by atoms with Gasteiger partial charge in [-0.15, -0.1) is 0 Å². The van der Waals surface area contributed by atoms with E-state index in [-0.39, 0.29) is 11.8 Å². The average Bonchev–Trinajstić information content (AvgIpc) is 2.46. The second kappa shape index (κ2) is 6.78. The van der Waals surface area contributed by atoms with Crippen LogP contribution in [0.4, 0.5) is 0 Å². The van der Waals surface area contributed by atoms with Gasteiger partial charge < -0.3 is 15.4 Å². The van der Waals surface area contributed by atoms with Crippen LogP contribution in [0.2, 0.25) is 5.02 Å². The van der Waals surface area contributed by atoms with E-state index in [2.05, 4.69) is 10.6 Å². The van der Waals surface area contributed by atoms with Gasteiger partial charge >= 0.3 is 0 Å². The summed E-state index contributed by atoms with van der Waals surface area (Å²) in [4.78, 5) is 12.0. The predicted octanol–water partition coefficient (Wildman–Crippen LogP) is 1.96. The number of methoxy groups -OCH3 is 1. The van der Waals surface area contributed by atoms with Gasteiger partial charge in [0, 0.05) is 23.0 Å². The van der Waals surface area contributed by atoms with Gasteiger partial charge in [0.05, 0.1) is 7.11 Å². The summed E-state index contributed by atoms with van der Waals surface area (Å²) in [5.74, 6) is 0.977. The van der Waals surface area contributed by atoms with Crippen LogP contribution < -0.4 is 15.4 Å². The van der Waals surface area contributed by atoms with Crippen LogP contribution in [0.1, 0.15) is 18.4 Å². The van der Waals surface area contributed by atoms with Crippen LogP contribution in [0.25, 0.3) is 0 Å². The molecule has 4 nitrogen and oxygen atoms in total. The molecule has 1 amide bonds. The zero-order valence-corrected chi connectivity index (χ0v) is 11.8. The summed E-state index contributed by atoms with van der Waals surface area (Å²) in [7, 11) is 1.61. The molecule has 0 saturated carbocycles. The number of carbonyl (C=O) groups excluding carboxylic acids is 1. The molecule has 0 aromatic heterocycles. The fourth-order valence-electron chi connectivity index (χ4n) is 2.30. The lowest BCUT2D eigenvalue weighted by molar-refractivity contribution is -0.125. The summed E-state index contributed by atoms with van der Waals surface area (Å²) in [6.07, 6.45) is 1.80. The maximum atomic E-state index is 12.0. The van der Waals surface area contributed by atoms with Crippen LogP contribution in [0.15, 0.2) is 18.2 Å². The Balaban J connectivity index is 1.94. The highest BCUT2D eigenvalue weighted by Gasteiger charge is 2.20. The summed E-state index contributed by atoms with van der Waals surface area (Å²) in [5, 5.41) is 6.86. The number of ether oxygens (including phenoxy) is 1. The van der Waals surface area contributed by atoms with Gasteiger partial charge in [-0.2, -0.15) is 0 Å². The molecule has 1 aliphatic rings. The minimum Gasteiger partial charge on any atom is -0.496 e. The Labute approximate surface area is 118 Å². The molecule has 1 saturated heterocycles. The van der Waals surface area contributed by atoms with Gasteiger partial charge in [0.1, 0.15) is 5.75 Å². The Morgan fingerprint density at radius 1 is 1.47 bits per heavy atom. The standard InChI is InChI=1S/C14H19ClN2O2/c1-19-13-3-2-12(15)8-11(13)9-17-14(18)10-4-6-16-7-5-10/h2-3,8,10,16H,4-7,9H2,1H3,(H,17,18). The van der Waals surface area contributed by atoms with E-state index in [1.165, 1.54) is 0 Å². The Kier molecular flexibility index (Phi) is 5.05. The van der Waals surface area contributed by atoms with E-state index >= 15 is 0 Å². The molecule has 0 spiro atoms. The highest BCUT2D eigenvalue weighted by atomic mass is 35.5. The van der Waals surface area contributed by atoms with Crippen molar-refractivity contribution in [1.82, 2.24) is 10.6 Å². The minimum atomic E-state index is 0.114. The maximum absolute atomic E-state index is 12.0. The van der Waals surface area contributed by atoms with Crippen molar-refractivity contribution in [2.24, 2.45) is 5.92 Å². The lowest BCUT2D eigenvalue weighted by Crippen LogP contribution is -2.37. The third kappa shape index (κ3) is 3.85. The Hall–Kier alpha value is -1.26. The molecule has 1 aromatic carbocycles. The number of carbonyl (C=O) groups is 1. The Morgan fingerprint density at radius 3 is 2.89 bits per heavy atom. The highest BCUT2D eigenvalue weighted by molar-refractivity contribution is 6.30. The van der Waals surface area contributed by atoms with Gasteiger partial charge in [-0.1, -0.05) is 11.6 Å². The molecule has 1 heterocycles. The largest absolute Gasteiger partial charge is 0.496 e.